The van der Waals surface area contributed by atoms with Crippen molar-refractivity contribution in [2.75, 3.05) is 19.6 Å². The Morgan fingerprint density at radius 2 is 1.84 bits per heavy atom. The summed E-state index contributed by atoms with van der Waals surface area (Å²) in [5.74, 6) is 0.850. The Morgan fingerprint density at radius 1 is 1.12 bits per heavy atom. The third-order valence-corrected chi connectivity index (χ3v) is 4.51. The highest BCUT2D eigenvalue weighted by Crippen LogP contribution is 2.27. The Morgan fingerprint density at radius 3 is 2.48 bits per heavy atom. The molecule has 0 radical (unpaired) electrons. The first-order valence-corrected chi connectivity index (χ1v) is 8.56. The zero-order valence-corrected chi connectivity index (χ0v) is 14.6. The summed E-state index contributed by atoms with van der Waals surface area (Å²) in [6.45, 7) is 7.99. The number of aromatic nitrogens is 2. The van der Waals surface area contributed by atoms with Crippen molar-refractivity contribution in [3.63, 3.8) is 0 Å². The van der Waals surface area contributed by atoms with E-state index >= 15 is 0 Å². The van der Waals surface area contributed by atoms with Gasteiger partial charge in [-0.3, -0.25) is 10.1 Å². The van der Waals surface area contributed by atoms with E-state index in [-0.39, 0.29) is 10.6 Å². The van der Waals surface area contributed by atoms with E-state index < -0.39 is 0 Å². The number of fused-ring (bicyclic) bond motifs is 1. The van der Waals surface area contributed by atoms with Gasteiger partial charge in [-0.1, -0.05) is 44.2 Å². The van der Waals surface area contributed by atoms with Gasteiger partial charge in [-0.15, -0.1) is 0 Å². The van der Waals surface area contributed by atoms with Crippen LogP contribution in [-0.2, 0) is 6.54 Å². The topological polar surface area (TPSA) is 64.2 Å². The molecule has 3 aromatic rings. The number of hydrogen-bond donors (Lipinski definition) is 0. The van der Waals surface area contributed by atoms with Crippen LogP contribution in [0.1, 0.15) is 13.8 Å². The minimum absolute atomic E-state index is 0.0699. The largest absolute Gasteiger partial charge is 0.323 e. The van der Waals surface area contributed by atoms with Gasteiger partial charge in [0.25, 0.3) is 5.69 Å². The molecule has 1 aromatic heterocycles. The van der Waals surface area contributed by atoms with Gasteiger partial charge in [0, 0.05) is 30.8 Å². The van der Waals surface area contributed by atoms with Crippen molar-refractivity contribution < 1.29 is 4.92 Å². The Labute approximate surface area is 146 Å². The second-order valence-electron chi connectivity index (χ2n) is 5.91. The molecule has 0 fully saturated rings. The van der Waals surface area contributed by atoms with Gasteiger partial charge in [0.15, 0.2) is 0 Å². The fraction of sp³-hybridized carbons (Fsp3) is 0.316. The fourth-order valence-corrected chi connectivity index (χ4v) is 3.05. The number of nitro groups is 1. The SMILES string of the molecule is CCN(CC)CCn1c(-c2ccccc2)nc2cc([N+](=O)[O-])ccc21. The van der Waals surface area contributed by atoms with Gasteiger partial charge < -0.3 is 9.47 Å². The maximum absolute atomic E-state index is 11.1. The number of nitrogens with zero attached hydrogens (tertiary/aromatic N) is 4. The Kier molecular flexibility index (Phi) is 5.09. The molecule has 3 rings (SSSR count). The number of nitro benzene ring substituents is 1. The Hall–Kier alpha value is -2.73. The predicted octanol–water partition coefficient (Wildman–Crippen LogP) is 3.95. The fourth-order valence-electron chi connectivity index (χ4n) is 3.05. The molecule has 6 heteroatoms. The van der Waals surface area contributed by atoms with Crippen LogP contribution >= 0.6 is 0 Å². The molecule has 0 N–H and O–H groups in total. The lowest BCUT2D eigenvalue weighted by Gasteiger charge is -2.19. The van der Waals surface area contributed by atoms with E-state index in [9.17, 15) is 10.1 Å². The lowest BCUT2D eigenvalue weighted by Crippen LogP contribution is -2.27. The van der Waals surface area contributed by atoms with Crippen LogP contribution in [0, 0.1) is 10.1 Å². The molecule has 0 spiro atoms. The van der Waals surface area contributed by atoms with Crippen LogP contribution in [0.2, 0.25) is 0 Å². The van der Waals surface area contributed by atoms with E-state index in [2.05, 4.69) is 23.3 Å². The highest BCUT2D eigenvalue weighted by molar-refractivity contribution is 5.82. The summed E-state index contributed by atoms with van der Waals surface area (Å²) in [4.78, 5) is 17.7. The number of rotatable bonds is 7. The lowest BCUT2D eigenvalue weighted by molar-refractivity contribution is -0.384. The molecule has 0 aliphatic rings. The normalized spacial score (nSPS) is 11.3. The molecular formula is C19H22N4O2. The Balaban J connectivity index is 2.08. The van der Waals surface area contributed by atoms with Gasteiger partial charge in [0.2, 0.25) is 0 Å². The molecule has 1 heterocycles. The van der Waals surface area contributed by atoms with Gasteiger partial charge >= 0.3 is 0 Å². The molecule has 0 unspecified atom stereocenters. The van der Waals surface area contributed by atoms with Crippen molar-refractivity contribution in [1.82, 2.24) is 14.5 Å². The highest BCUT2D eigenvalue weighted by atomic mass is 16.6. The van der Waals surface area contributed by atoms with Crippen LogP contribution in [-0.4, -0.2) is 39.0 Å². The van der Waals surface area contributed by atoms with Crippen molar-refractivity contribution in [1.29, 1.82) is 0 Å². The summed E-state index contributed by atoms with van der Waals surface area (Å²) in [6, 6.07) is 14.9. The van der Waals surface area contributed by atoms with Crippen molar-refractivity contribution in [2.45, 2.75) is 20.4 Å². The monoisotopic (exact) mass is 338 g/mol. The van der Waals surface area contributed by atoms with E-state index in [4.69, 9.17) is 4.98 Å². The third-order valence-electron chi connectivity index (χ3n) is 4.51. The quantitative estimate of drug-likeness (QED) is 0.483. The van der Waals surface area contributed by atoms with Crippen LogP contribution in [0.25, 0.3) is 22.4 Å². The number of imidazole rings is 1. The first kappa shape index (κ1) is 17.1. The summed E-state index contributed by atoms with van der Waals surface area (Å²) in [5, 5.41) is 11.1. The minimum Gasteiger partial charge on any atom is -0.323 e. The van der Waals surface area contributed by atoms with Gasteiger partial charge in [-0.05, 0) is 19.2 Å². The van der Waals surface area contributed by atoms with Gasteiger partial charge in [0.05, 0.1) is 16.0 Å². The van der Waals surface area contributed by atoms with Crippen LogP contribution in [0.15, 0.2) is 48.5 Å². The van der Waals surface area contributed by atoms with Crippen LogP contribution < -0.4 is 0 Å². The predicted molar refractivity (Wildman–Crippen MR) is 99.6 cm³/mol. The first-order valence-electron chi connectivity index (χ1n) is 8.56. The zero-order chi connectivity index (χ0) is 17.8. The number of hydrogen-bond acceptors (Lipinski definition) is 4. The molecule has 0 bridgehead atoms. The summed E-state index contributed by atoms with van der Waals surface area (Å²) < 4.78 is 2.16. The number of likely N-dealkylation sites (N-methyl/N-ethyl adjacent to an activating group) is 1. The molecule has 0 saturated heterocycles. The minimum atomic E-state index is -0.378. The molecule has 2 aromatic carbocycles. The van der Waals surface area contributed by atoms with Gasteiger partial charge in [-0.2, -0.15) is 0 Å². The van der Waals surface area contributed by atoms with Crippen molar-refractivity contribution in [2.24, 2.45) is 0 Å². The molecule has 0 atom stereocenters. The molecule has 0 saturated carbocycles. The second kappa shape index (κ2) is 7.44. The number of benzene rings is 2. The molecular weight excluding hydrogens is 316 g/mol. The van der Waals surface area contributed by atoms with E-state index in [0.717, 1.165) is 43.1 Å². The van der Waals surface area contributed by atoms with Crippen LogP contribution in [0.3, 0.4) is 0 Å². The summed E-state index contributed by atoms with van der Waals surface area (Å²) in [6.07, 6.45) is 0. The molecule has 0 amide bonds. The van der Waals surface area contributed by atoms with Crippen LogP contribution in [0.5, 0.6) is 0 Å². The summed E-state index contributed by atoms with van der Waals surface area (Å²) in [5.41, 5.74) is 2.67. The van der Waals surface area contributed by atoms with E-state index in [1.165, 1.54) is 0 Å². The third kappa shape index (κ3) is 3.53. The maximum atomic E-state index is 11.1. The average Bonchev–Trinajstić information content (AvgIpc) is 3.01. The molecule has 6 nitrogen and oxygen atoms in total. The van der Waals surface area contributed by atoms with Gasteiger partial charge in [0.1, 0.15) is 5.82 Å². The van der Waals surface area contributed by atoms with E-state index in [1.807, 2.05) is 30.3 Å². The smallest absolute Gasteiger partial charge is 0.271 e. The standard InChI is InChI=1S/C19H22N4O2/c1-3-21(4-2)12-13-22-18-11-10-16(23(24)25)14-17(18)20-19(22)15-8-6-5-7-9-15/h5-11,14H,3-4,12-13H2,1-2H3. The van der Waals surface area contributed by atoms with Crippen molar-refractivity contribution >= 4 is 16.7 Å². The maximum Gasteiger partial charge on any atom is 0.271 e. The van der Waals surface area contributed by atoms with Gasteiger partial charge in [-0.25, -0.2) is 4.98 Å². The first-order chi connectivity index (χ1) is 12.1. The summed E-state index contributed by atoms with van der Waals surface area (Å²) >= 11 is 0. The molecule has 0 aliphatic carbocycles. The Bertz CT molecular complexity index is 870. The highest BCUT2D eigenvalue weighted by Gasteiger charge is 2.16. The average molecular weight is 338 g/mol. The molecule has 25 heavy (non-hydrogen) atoms. The van der Waals surface area contributed by atoms with Crippen molar-refractivity contribution in [3.8, 4) is 11.4 Å². The van der Waals surface area contributed by atoms with E-state index in [1.54, 1.807) is 18.2 Å². The summed E-state index contributed by atoms with van der Waals surface area (Å²) in [7, 11) is 0. The molecule has 130 valence electrons. The zero-order valence-electron chi connectivity index (χ0n) is 14.6. The lowest BCUT2D eigenvalue weighted by atomic mass is 10.2. The van der Waals surface area contributed by atoms with Crippen LogP contribution in [0.4, 0.5) is 5.69 Å². The second-order valence-corrected chi connectivity index (χ2v) is 5.91. The molecule has 0 aliphatic heterocycles. The van der Waals surface area contributed by atoms with Crippen molar-refractivity contribution in [3.05, 3.63) is 58.6 Å². The van der Waals surface area contributed by atoms with E-state index in [0.29, 0.717) is 5.52 Å². The number of non-ortho nitro benzene ring substituents is 1.